The first kappa shape index (κ1) is 18.8. The van der Waals surface area contributed by atoms with E-state index in [1.165, 1.54) is 0 Å². The fraction of sp³-hybridized carbons (Fsp3) is 0. The van der Waals surface area contributed by atoms with Crippen molar-refractivity contribution in [1.82, 2.24) is 5.43 Å². The van der Waals surface area contributed by atoms with Crippen LogP contribution in [0.25, 0.3) is 0 Å². The Morgan fingerprint density at radius 2 is 1.35 bits per heavy atom. The van der Waals surface area contributed by atoms with Crippen molar-refractivity contribution in [2.75, 3.05) is 0 Å². The molecule has 0 aliphatic heterocycles. The average Bonchev–Trinajstić information content (AvgIpc) is 2.55. The third kappa shape index (κ3) is 6.20. The summed E-state index contributed by atoms with van der Waals surface area (Å²) in [5.41, 5.74) is 4.55. The Hall–Kier alpha value is -2.21. The van der Waals surface area contributed by atoms with Crippen LogP contribution in [0.1, 0.15) is 11.1 Å². The number of amides is 1. The van der Waals surface area contributed by atoms with Gasteiger partial charge in [-0.05, 0) is 6.08 Å². The van der Waals surface area contributed by atoms with Gasteiger partial charge in [0.2, 0.25) is 0 Å². The second kappa shape index (κ2) is 9.74. The first-order valence-electron chi connectivity index (χ1n) is 6.54. The first-order valence-corrected chi connectivity index (χ1v) is 6.54. The molecule has 110 valence electrons. The molecule has 0 heterocycles. The molecule has 0 bridgehead atoms. The second-order valence-corrected chi connectivity index (χ2v) is 4.32. The van der Waals surface area contributed by atoms with Gasteiger partial charge in [-0.3, -0.25) is 4.79 Å². The van der Waals surface area contributed by atoms with E-state index < -0.39 is 11.9 Å². The van der Waals surface area contributed by atoms with Crippen LogP contribution in [0.4, 0.5) is 0 Å². The summed E-state index contributed by atoms with van der Waals surface area (Å²) >= 11 is 0. The Balaban J connectivity index is 0.00000264. The van der Waals surface area contributed by atoms with Gasteiger partial charge in [0.05, 0.1) is 11.7 Å². The number of hydrogen-bond acceptors (Lipinski definition) is 4. The minimum Gasteiger partial charge on any atom is -0.545 e. The largest absolute Gasteiger partial charge is 1.00 e. The van der Waals surface area contributed by atoms with Crippen LogP contribution in [0.5, 0.6) is 0 Å². The molecule has 0 aliphatic rings. The molecule has 1 N–H and O–H groups in total. The standard InChI is InChI=1S/C17H14N2O3.Na/c20-15(11-12-16(21)22)18-19-17(13-7-3-1-4-8-13)14-9-5-2-6-10-14;/h1-12H,(H,18,20)(H,21,22);/q;+1/p-1/b12-11+;. The van der Waals surface area contributed by atoms with Gasteiger partial charge in [0.15, 0.2) is 0 Å². The molecule has 0 aliphatic carbocycles. The number of rotatable bonds is 5. The topological polar surface area (TPSA) is 81.6 Å². The monoisotopic (exact) mass is 316 g/mol. The smallest absolute Gasteiger partial charge is 0.545 e. The van der Waals surface area contributed by atoms with E-state index in [2.05, 4.69) is 10.5 Å². The summed E-state index contributed by atoms with van der Waals surface area (Å²) in [6.45, 7) is 0. The minimum absolute atomic E-state index is 0. The SMILES string of the molecule is O=C([O-])/C=C/C(=O)NN=C(c1ccccc1)c1ccccc1.[Na+]. The molecular weight excluding hydrogens is 303 g/mol. The minimum atomic E-state index is -1.44. The molecule has 0 fully saturated rings. The summed E-state index contributed by atoms with van der Waals surface area (Å²) in [4.78, 5) is 21.8. The quantitative estimate of drug-likeness (QED) is 0.296. The maximum absolute atomic E-state index is 11.5. The number of nitrogens with zero attached hydrogens (tertiary/aromatic N) is 1. The molecule has 0 radical (unpaired) electrons. The number of hydrogen-bond donors (Lipinski definition) is 1. The Kier molecular flexibility index (Phi) is 7.97. The molecule has 5 nitrogen and oxygen atoms in total. The zero-order valence-electron chi connectivity index (χ0n) is 12.6. The maximum atomic E-state index is 11.5. The van der Waals surface area contributed by atoms with Gasteiger partial charge < -0.3 is 9.90 Å². The number of aliphatic carboxylic acids is 1. The Morgan fingerprint density at radius 3 is 1.78 bits per heavy atom. The van der Waals surface area contributed by atoms with Crippen LogP contribution in [0, 0.1) is 0 Å². The molecule has 23 heavy (non-hydrogen) atoms. The fourth-order valence-electron chi connectivity index (χ4n) is 1.78. The summed E-state index contributed by atoms with van der Waals surface area (Å²) in [7, 11) is 0. The summed E-state index contributed by atoms with van der Waals surface area (Å²) in [6.07, 6.45) is 1.50. The molecule has 6 heteroatoms. The van der Waals surface area contributed by atoms with Gasteiger partial charge in [-0.25, -0.2) is 5.43 Å². The molecule has 0 atom stereocenters. The van der Waals surface area contributed by atoms with Crippen LogP contribution in [-0.4, -0.2) is 17.6 Å². The fourth-order valence-corrected chi connectivity index (χ4v) is 1.78. The van der Waals surface area contributed by atoms with Gasteiger partial charge in [0.25, 0.3) is 5.91 Å². The van der Waals surface area contributed by atoms with Crippen molar-refractivity contribution in [1.29, 1.82) is 0 Å². The molecule has 0 unspecified atom stereocenters. The van der Waals surface area contributed by atoms with Crippen LogP contribution in [-0.2, 0) is 9.59 Å². The zero-order chi connectivity index (χ0) is 15.8. The van der Waals surface area contributed by atoms with Crippen molar-refractivity contribution >= 4 is 17.6 Å². The number of carbonyl (C=O) groups excluding carboxylic acids is 2. The maximum Gasteiger partial charge on any atom is 1.00 e. The third-order valence-electron chi connectivity index (χ3n) is 2.74. The van der Waals surface area contributed by atoms with E-state index in [0.717, 1.165) is 17.2 Å². The first-order chi connectivity index (χ1) is 10.7. The summed E-state index contributed by atoms with van der Waals surface area (Å²) in [5, 5.41) is 14.4. The zero-order valence-corrected chi connectivity index (χ0v) is 14.6. The van der Waals surface area contributed by atoms with Gasteiger partial charge in [0.1, 0.15) is 0 Å². The van der Waals surface area contributed by atoms with E-state index in [1.54, 1.807) is 0 Å². The number of benzene rings is 2. The normalized spacial score (nSPS) is 9.74. The molecule has 0 saturated carbocycles. The molecule has 0 saturated heterocycles. The number of carbonyl (C=O) groups is 2. The Labute approximate surface area is 156 Å². The predicted octanol–water partition coefficient (Wildman–Crippen LogP) is -2.13. The molecular formula is C17H13N2NaO3. The van der Waals surface area contributed by atoms with Crippen molar-refractivity contribution in [3.63, 3.8) is 0 Å². The molecule has 1 amide bonds. The number of carboxylic acid groups (broad SMARTS) is 1. The van der Waals surface area contributed by atoms with Gasteiger partial charge in [-0.2, -0.15) is 5.10 Å². The van der Waals surface area contributed by atoms with Crippen LogP contribution in [0.15, 0.2) is 77.9 Å². The Bertz CT molecular complexity index is 672. The van der Waals surface area contributed by atoms with Crippen LogP contribution in [0.3, 0.4) is 0 Å². The third-order valence-corrected chi connectivity index (χ3v) is 2.74. The van der Waals surface area contributed by atoms with E-state index in [-0.39, 0.29) is 29.6 Å². The number of hydrazone groups is 1. The van der Waals surface area contributed by atoms with Crippen LogP contribution in [0.2, 0.25) is 0 Å². The van der Waals surface area contributed by atoms with E-state index in [4.69, 9.17) is 0 Å². The molecule has 2 rings (SSSR count). The second-order valence-electron chi connectivity index (χ2n) is 4.32. The summed E-state index contributed by atoms with van der Waals surface area (Å²) in [6, 6.07) is 18.7. The van der Waals surface area contributed by atoms with Gasteiger partial charge in [-0.1, -0.05) is 60.7 Å². The number of nitrogens with one attached hydrogen (secondary N) is 1. The summed E-state index contributed by atoms with van der Waals surface area (Å²) in [5.74, 6) is -2.08. The summed E-state index contributed by atoms with van der Waals surface area (Å²) < 4.78 is 0. The van der Waals surface area contributed by atoms with Gasteiger partial charge in [0, 0.05) is 17.2 Å². The van der Waals surface area contributed by atoms with Gasteiger partial charge >= 0.3 is 29.6 Å². The van der Waals surface area contributed by atoms with Crippen molar-refractivity contribution < 1.29 is 44.3 Å². The van der Waals surface area contributed by atoms with Crippen LogP contribution >= 0.6 is 0 Å². The van der Waals surface area contributed by atoms with Crippen molar-refractivity contribution in [2.24, 2.45) is 5.10 Å². The van der Waals surface area contributed by atoms with E-state index in [1.807, 2.05) is 60.7 Å². The van der Waals surface area contributed by atoms with Crippen molar-refractivity contribution in [3.8, 4) is 0 Å². The molecule has 0 spiro atoms. The van der Waals surface area contributed by atoms with Crippen molar-refractivity contribution in [3.05, 3.63) is 83.9 Å². The molecule has 2 aromatic carbocycles. The van der Waals surface area contributed by atoms with Crippen LogP contribution < -0.4 is 40.1 Å². The Morgan fingerprint density at radius 1 is 0.870 bits per heavy atom. The predicted molar refractivity (Wildman–Crippen MR) is 80.8 cm³/mol. The average molecular weight is 316 g/mol. The molecule has 0 aromatic heterocycles. The van der Waals surface area contributed by atoms with E-state index in [9.17, 15) is 14.7 Å². The van der Waals surface area contributed by atoms with Gasteiger partial charge in [-0.15, -0.1) is 0 Å². The van der Waals surface area contributed by atoms with E-state index >= 15 is 0 Å². The number of carboxylic acids is 1. The van der Waals surface area contributed by atoms with Crippen molar-refractivity contribution in [2.45, 2.75) is 0 Å². The molecule has 2 aromatic rings. The van der Waals surface area contributed by atoms with E-state index in [0.29, 0.717) is 11.8 Å².